The summed E-state index contributed by atoms with van der Waals surface area (Å²) in [7, 11) is 0. The molecule has 0 spiro atoms. The Bertz CT molecular complexity index is 923. The molecule has 3 aliphatic rings. The Hall–Kier alpha value is -1.83. The molecule has 2 amide bonds. The van der Waals surface area contributed by atoms with Gasteiger partial charge in [-0.25, -0.2) is 0 Å². The van der Waals surface area contributed by atoms with E-state index in [2.05, 4.69) is 13.8 Å². The topological polar surface area (TPSA) is 101 Å². The second kappa shape index (κ2) is 11.9. The highest BCUT2D eigenvalue weighted by Gasteiger charge is 2.45. The van der Waals surface area contributed by atoms with Gasteiger partial charge in [0.1, 0.15) is 11.3 Å². The zero-order valence-electron chi connectivity index (χ0n) is 23.4. The molecule has 37 heavy (non-hydrogen) atoms. The molecule has 1 aliphatic heterocycles. The number of aliphatic hydroxyl groups is 1. The quantitative estimate of drug-likeness (QED) is 0.276. The third kappa shape index (κ3) is 7.39. The van der Waals surface area contributed by atoms with Gasteiger partial charge >= 0.3 is 5.97 Å². The number of fused-ring (bicyclic) bond motifs is 2. The number of imide groups is 1. The van der Waals surface area contributed by atoms with E-state index in [0.29, 0.717) is 18.8 Å². The molecule has 3 atom stereocenters. The lowest BCUT2D eigenvalue weighted by atomic mass is 9.59. The number of aliphatic hydroxyl groups excluding tert-OH is 1. The van der Waals surface area contributed by atoms with Crippen LogP contribution in [0.3, 0.4) is 0 Å². The highest BCUT2D eigenvalue weighted by atomic mass is 32.2. The van der Waals surface area contributed by atoms with Gasteiger partial charge in [-0.1, -0.05) is 27.7 Å². The first kappa shape index (κ1) is 29.7. The van der Waals surface area contributed by atoms with Gasteiger partial charge in [0.2, 0.25) is 5.91 Å². The van der Waals surface area contributed by atoms with Gasteiger partial charge in [-0.2, -0.15) is 11.8 Å². The SMILES string of the molecule is CSCCC1C(O)=C(C(=O)CC(C)(C)CC(=O)OCCC2(C)CC3CC(C)CC(C3)C2)C(=O)N1C(C)=O. The summed E-state index contributed by atoms with van der Waals surface area (Å²) in [5.74, 6) is 0.533. The molecule has 2 saturated carbocycles. The van der Waals surface area contributed by atoms with Crippen molar-refractivity contribution in [2.24, 2.45) is 28.6 Å². The number of ether oxygens (including phenoxy) is 1. The monoisotopic (exact) mass is 535 g/mol. The van der Waals surface area contributed by atoms with Crippen molar-refractivity contribution in [2.45, 2.75) is 98.4 Å². The number of carbonyl (C=O) groups is 4. The Balaban J connectivity index is 1.53. The highest BCUT2D eigenvalue weighted by Crippen LogP contribution is 2.51. The van der Waals surface area contributed by atoms with E-state index in [4.69, 9.17) is 4.74 Å². The standard InChI is InChI=1S/C29H45NO6S/c1-18-11-20-13-21(12-18)15-29(5,14-20)8-9-36-24(33)17-28(3,4)16-23(32)25-26(34)22(7-10-37-6)30(19(2)31)27(25)35/h18,20-22,34H,7-17H2,1-6H3. The number of esters is 1. The summed E-state index contributed by atoms with van der Waals surface area (Å²) >= 11 is 1.53. The molecule has 0 aromatic rings. The summed E-state index contributed by atoms with van der Waals surface area (Å²) in [6, 6.07) is -0.812. The van der Waals surface area contributed by atoms with Gasteiger partial charge in [-0.15, -0.1) is 0 Å². The molecule has 1 N–H and O–H groups in total. The maximum Gasteiger partial charge on any atom is 0.306 e. The molecular formula is C29H45NO6S. The van der Waals surface area contributed by atoms with Crippen LogP contribution in [0.4, 0.5) is 0 Å². The van der Waals surface area contributed by atoms with Crippen molar-refractivity contribution in [3.05, 3.63) is 11.3 Å². The van der Waals surface area contributed by atoms with E-state index >= 15 is 0 Å². The minimum absolute atomic E-state index is 0.0345. The maximum absolute atomic E-state index is 13.1. The van der Waals surface area contributed by atoms with Crippen LogP contribution in [-0.4, -0.2) is 58.2 Å². The number of ketones is 1. The Morgan fingerprint density at radius 3 is 2.32 bits per heavy atom. The largest absolute Gasteiger partial charge is 0.509 e. The van der Waals surface area contributed by atoms with Crippen LogP contribution in [0.25, 0.3) is 0 Å². The number of hydrogen-bond acceptors (Lipinski definition) is 7. The van der Waals surface area contributed by atoms with Crippen LogP contribution in [0.1, 0.15) is 92.4 Å². The molecule has 2 aliphatic carbocycles. The van der Waals surface area contributed by atoms with Crippen molar-refractivity contribution in [3.63, 3.8) is 0 Å². The fraction of sp³-hybridized carbons (Fsp3) is 0.793. The van der Waals surface area contributed by atoms with Crippen molar-refractivity contribution in [3.8, 4) is 0 Å². The minimum Gasteiger partial charge on any atom is -0.509 e. The van der Waals surface area contributed by atoms with E-state index < -0.39 is 29.1 Å². The number of rotatable bonds is 11. The van der Waals surface area contributed by atoms with Gasteiger partial charge in [0.15, 0.2) is 5.78 Å². The molecule has 0 aromatic carbocycles. The highest BCUT2D eigenvalue weighted by molar-refractivity contribution is 7.98. The first-order valence-corrected chi connectivity index (χ1v) is 15.1. The van der Waals surface area contributed by atoms with Crippen LogP contribution in [0.5, 0.6) is 0 Å². The van der Waals surface area contributed by atoms with Gasteiger partial charge in [-0.3, -0.25) is 24.1 Å². The summed E-state index contributed by atoms with van der Waals surface area (Å²) in [5.41, 5.74) is -0.878. The molecule has 1 heterocycles. The fourth-order valence-corrected chi connectivity index (χ4v) is 7.59. The van der Waals surface area contributed by atoms with E-state index in [1.807, 2.05) is 6.26 Å². The average molecular weight is 536 g/mol. The molecule has 0 saturated heterocycles. The molecule has 7 nitrogen and oxygen atoms in total. The average Bonchev–Trinajstić information content (AvgIpc) is 2.99. The number of amides is 2. The first-order chi connectivity index (χ1) is 17.2. The van der Waals surface area contributed by atoms with Crippen molar-refractivity contribution in [1.82, 2.24) is 4.90 Å². The van der Waals surface area contributed by atoms with E-state index in [1.54, 1.807) is 13.8 Å². The van der Waals surface area contributed by atoms with E-state index in [-0.39, 0.29) is 35.6 Å². The molecule has 3 unspecified atom stereocenters. The number of carbonyl (C=O) groups excluding carboxylic acids is 4. The smallest absolute Gasteiger partial charge is 0.306 e. The lowest BCUT2D eigenvalue weighted by Crippen LogP contribution is -2.40. The van der Waals surface area contributed by atoms with Gasteiger partial charge in [-0.05, 0) is 85.5 Å². The normalized spacial score (nSPS) is 30.0. The third-order valence-corrected chi connectivity index (χ3v) is 9.11. The second-order valence-corrected chi connectivity index (χ2v) is 13.9. The van der Waals surface area contributed by atoms with E-state index in [1.165, 1.54) is 50.8 Å². The van der Waals surface area contributed by atoms with E-state index in [0.717, 1.165) is 29.1 Å². The van der Waals surface area contributed by atoms with Crippen LogP contribution in [0.15, 0.2) is 11.3 Å². The molecule has 208 valence electrons. The summed E-state index contributed by atoms with van der Waals surface area (Å²) < 4.78 is 5.61. The van der Waals surface area contributed by atoms with Crippen LogP contribution < -0.4 is 0 Å². The van der Waals surface area contributed by atoms with Crippen molar-refractivity contribution in [2.75, 3.05) is 18.6 Å². The molecule has 3 rings (SSSR count). The summed E-state index contributed by atoms with van der Waals surface area (Å²) in [6.45, 7) is 9.88. The predicted molar refractivity (Wildman–Crippen MR) is 145 cm³/mol. The Labute approximate surface area is 226 Å². The van der Waals surface area contributed by atoms with Crippen molar-refractivity contribution in [1.29, 1.82) is 0 Å². The zero-order chi connectivity index (χ0) is 27.5. The minimum atomic E-state index is -0.812. The van der Waals surface area contributed by atoms with Gasteiger partial charge in [0.25, 0.3) is 5.91 Å². The van der Waals surface area contributed by atoms with Gasteiger partial charge < -0.3 is 9.84 Å². The molecule has 2 bridgehead atoms. The van der Waals surface area contributed by atoms with Crippen LogP contribution >= 0.6 is 11.8 Å². The third-order valence-electron chi connectivity index (χ3n) is 8.46. The van der Waals surface area contributed by atoms with Crippen molar-refractivity contribution < 1.29 is 29.0 Å². The van der Waals surface area contributed by atoms with Gasteiger partial charge in [0, 0.05) is 13.3 Å². The van der Waals surface area contributed by atoms with Crippen LogP contribution in [0, 0.1) is 28.6 Å². The van der Waals surface area contributed by atoms with Crippen LogP contribution in [0.2, 0.25) is 0 Å². The fourth-order valence-electron chi connectivity index (χ4n) is 7.13. The lowest BCUT2D eigenvalue weighted by Gasteiger charge is -2.47. The summed E-state index contributed by atoms with van der Waals surface area (Å²) in [6.07, 6.45) is 9.43. The van der Waals surface area contributed by atoms with Gasteiger partial charge in [0.05, 0.1) is 19.1 Å². The summed E-state index contributed by atoms with van der Waals surface area (Å²) in [4.78, 5) is 51.7. The number of Topliss-reactive ketones (excluding diaryl/α,β-unsaturated/α-hetero) is 1. The lowest BCUT2D eigenvalue weighted by molar-refractivity contribution is -0.147. The summed E-state index contributed by atoms with van der Waals surface area (Å²) in [5, 5.41) is 10.7. The molecular weight excluding hydrogens is 490 g/mol. The molecule has 2 fully saturated rings. The molecule has 0 radical (unpaired) electrons. The second-order valence-electron chi connectivity index (χ2n) is 12.9. The Morgan fingerprint density at radius 1 is 1.14 bits per heavy atom. The molecule has 8 heteroatoms. The Kier molecular flexibility index (Phi) is 9.57. The van der Waals surface area contributed by atoms with Crippen molar-refractivity contribution >= 4 is 35.3 Å². The number of thioether (sulfide) groups is 1. The van der Waals surface area contributed by atoms with Crippen LogP contribution in [-0.2, 0) is 23.9 Å². The number of nitrogens with zero attached hydrogens (tertiary/aromatic N) is 1. The first-order valence-electron chi connectivity index (χ1n) is 13.7. The maximum atomic E-state index is 13.1. The number of hydrogen-bond donors (Lipinski definition) is 1. The van der Waals surface area contributed by atoms with E-state index in [9.17, 15) is 24.3 Å². The zero-order valence-corrected chi connectivity index (χ0v) is 24.2. The Morgan fingerprint density at radius 2 is 1.76 bits per heavy atom. The predicted octanol–water partition coefficient (Wildman–Crippen LogP) is 5.47. The molecule has 0 aromatic heterocycles.